The zero-order valence-electron chi connectivity index (χ0n) is 16.4. The van der Waals surface area contributed by atoms with Crippen molar-refractivity contribution in [1.29, 1.82) is 0 Å². The minimum atomic E-state index is 0.607. The zero-order valence-corrected chi connectivity index (χ0v) is 17.2. The Morgan fingerprint density at radius 2 is 1.82 bits per heavy atom. The molecule has 146 valence electrons. The summed E-state index contributed by atoms with van der Waals surface area (Å²) in [7, 11) is 1.70. The molecule has 1 aromatic heterocycles. The first-order valence-electron chi connectivity index (χ1n) is 9.79. The van der Waals surface area contributed by atoms with Gasteiger partial charge >= 0.3 is 0 Å². The fraction of sp³-hybridized carbons (Fsp3) is 0.364. The van der Waals surface area contributed by atoms with Gasteiger partial charge in [-0.15, -0.1) is 0 Å². The summed E-state index contributed by atoms with van der Waals surface area (Å²) in [5.41, 5.74) is 2.37. The van der Waals surface area contributed by atoms with Crippen molar-refractivity contribution in [3.8, 4) is 17.1 Å². The predicted molar refractivity (Wildman–Crippen MR) is 114 cm³/mol. The predicted octanol–water partition coefficient (Wildman–Crippen LogP) is 4.73. The molecule has 2 aromatic carbocycles. The molecule has 1 saturated carbocycles. The molecule has 0 unspecified atom stereocenters. The number of rotatable bonds is 8. The van der Waals surface area contributed by atoms with Crippen LogP contribution in [0.25, 0.3) is 11.4 Å². The quantitative estimate of drug-likeness (QED) is 0.517. The van der Waals surface area contributed by atoms with Crippen LogP contribution in [0.2, 0.25) is 0 Å². The third-order valence-electron chi connectivity index (χ3n) is 5.19. The lowest BCUT2D eigenvalue weighted by atomic mass is 10.2. The van der Waals surface area contributed by atoms with E-state index in [0.29, 0.717) is 12.7 Å². The molecule has 3 aromatic rings. The number of nitrogens with zero attached hydrogens (tertiary/aromatic N) is 4. The first-order valence-corrected chi connectivity index (χ1v) is 10.2. The molecule has 4 rings (SSSR count). The number of benzene rings is 2. The van der Waals surface area contributed by atoms with Gasteiger partial charge in [0.1, 0.15) is 5.75 Å². The molecule has 6 heteroatoms. The number of aromatic nitrogens is 3. The molecule has 0 saturated heterocycles. The number of hydrogen-bond donors (Lipinski definition) is 0. The van der Waals surface area contributed by atoms with Crippen LogP contribution in [-0.2, 0) is 19.8 Å². The maximum absolute atomic E-state index is 5.75. The monoisotopic (exact) mass is 394 g/mol. The van der Waals surface area contributed by atoms with Crippen molar-refractivity contribution >= 4 is 12.2 Å². The number of hydrogen-bond acceptors (Lipinski definition) is 4. The fourth-order valence-corrected chi connectivity index (χ4v) is 3.80. The SMILES string of the molecule is CCn1c(-c2ccccc2)nn(CN(Cc2ccc(OC)cc2)C2CC2)c1=S. The average Bonchev–Trinajstić information content (AvgIpc) is 3.54. The van der Waals surface area contributed by atoms with E-state index < -0.39 is 0 Å². The van der Waals surface area contributed by atoms with Crippen molar-refractivity contribution in [1.82, 2.24) is 19.2 Å². The van der Waals surface area contributed by atoms with Crippen molar-refractivity contribution in [2.75, 3.05) is 7.11 Å². The molecule has 0 aliphatic heterocycles. The highest BCUT2D eigenvalue weighted by Gasteiger charge is 2.30. The van der Waals surface area contributed by atoms with Gasteiger partial charge in [0.25, 0.3) is 0 Å². The first-order chi connectivity index (χ1) is 13.7. The molecule has 1 fully saturated rings. The number of methoxy groups -OCH3 is 1. The molecule has 5 nitrogen and oxygen atoms in total. The zero-order chi connectivity index (χ0) is 19.5. The lowest BCUT2D eigenvalue weighted by molar-refractivity contribution is 0.186. The van der Waals surface area contributed by atoms with Crippen LogP contribution < -0.4 is 4.74 Å². The Hall–Kier alpha value is -2.44. The Balaban J connectivity index is 1.59. The maximum Gasteiger partial charge on any atom is 0.199 e. The fourth-order valence-electron chi connectivity index (χ4n) is 3.49. The number of ether oxygens (including phenoxy) is 1. The van der Waals surface area contributed by atoms with Gasteiger partial charge in [-0.25, -0.2) is 4.68 Å². The van der Waals surface area contributed by atoms with Crippen molar-refractivity contribution < 1.29 is 4.74 Å². The summed E-state index contributed by atoms with van der Waals surface area (Å²) in [4.78, 5) is 2.47. The van der Waals surface area contributed by atoms with Gasteiger partial charge in [-0.2, -0.15) is 5.10 Å². The molecular formula is C22H26N4OS. The van der Waals surface area contributed by atoms with E-state index in [0.717, 1.165) is 35.0 Å². The van der Waals surface area contributed by atoms with Gasteiger partial charge in [0.15, 0.2) is 10.6 Å². The van der Waals surface area contributed by atoms with Crippen molar-refractivity contribution in [3.05, 3.63) is 64.9 Å². The van der Waals surface area contributed by atoms with E-state index in [1.807, 2.05) is 35.0 Å². The van der Waals surface area contributed by atoms with Crippen molar-refractivity contribution in [2.24, 2.45) is 0 Å². The molecule has 1 aliphatic carbocycles. The molecule has 28 heavy (non-hydrogen) atoms. The second-order valence-corrected chi connectivity index (χ2v) is 7.55. The van der Waals surface area contributed by atoms with Crippen LogP contribution in [0.5, 0.6) is 5.75 Å². The van der Waals surface area contributed by atoms with Crippen LogP contribution >= 0.6 is 12.2 Å². The third-order valence-corrected chi connectivity index (χ3v) is 5.63. The lowest BCUT2D eigenvalue weighted by Crippen LogP contribution is -2.29. The summed E-state index contributed by atoms with van der Waals surface area (Å²) >= 11 is 5.75. The largest absolute Gasteiger partial charge is 0.497 e. The molecule has 0 atom stereocenters. The van der Waals surface area contributed by atoms with Crippen LogP contribution in [0.15, 0.2) is 54.6 Å². The molecule has 0 radical (unpaired) electrons. The minimum absolute atomic E-state index is 0.607. The van der Waals surface area contributed by atoms with Gasteiger partial charge in [-0.05, 0) is 49.7 Å². The van der Waals surface area contributed by atoms with Crippen molar-refractivity contribution in [3.63, 3.8) is 0 Å². The van der Waals surface area contributed by atoms with E-state index in [1.165, 1.54) is 18.4 Å². The molecule has 0 bridgehead atoms. The van der Waals surface area contributed by atoms with E-state index in [4.69, 9.17) is 22.1 Å². The van der Waals surface area contributed by atoms with Gasteiger partial charge < -0.3 is 9.30 Å². The Labute approximate surface area is 171 Å². The van der Waals surface area contributed by atoms with Gasteiger partial charge in [-0.1, -0.05) is 42.5 Å². The third kappa shape index (κ3) is 4.03. The summed E-state index contributed by atoms with van der Waals surface area (Å²) in [6, 6.07) is 19.2. The molecule has 0 N–H and O–H groups in total. The second kappa shape index (κ2) is 8.29. The Morgan fingerprint density at radius 3 is 2.43 bits per heavy atom. The lowest BCUT2D eigenvalue weighted by Gasteiger charge is -2.22. The molecule has 0 amide bonds. The maximum atomic E-state index is 5.75. The summed E-state index contributed by atoms with van der Waals surface area (Å²) < 4.78 is 10.1. The Morgan fingerprint density at radius 1 is 1.11 bits per heavy atom. The highest BCUT2D eigenvalue weighted by molar-refractivity contribution is 7.71. The van der Waals surface area contributed by atoms with E-state index in [9.17, 15) is 0 Å². The van der Waals surface area contributed by atoms with Crippen LogP contribution in [0.4, 0.5) is 0 Å². The average molecular weight is 395 g/mol. The van der Waals surface area contributed by atoms with E-state index >= 15 is 0 Å². The summed E-state index contributed by atoms with van der Waals surface area (Å²) in [5, 5.41) is 4.88. The summed E-state index contributed by atoms with van der Waals surface area (Å²) in [6.45, 7) is 4.52. The standard InChI is InChI=1S/C22H26N4OS/c1-3-25-21(18-7-5-4-6-8-18)23-26(22(25)28)16-24(19-11-12-19)15-17-9-13-20(27-2)14-10-17/h4-10,13-14,19H,3,11-12,15-16H2,1-2H3. The van der Waals surface area contributed by atoms with E-state index in [-0.39, 0.29) is 0 Å². The minimum Gasteiger partial charge on any atom is -0.497 e. The van der Waals surface area contributed by atoms with Crippen LogP contribution in [-0.4, -0.2) is 32.4 Å². The normalized spacial score (nSPS) is 13.8. The van der Waals surface area contributed by atoms with Gasteiger partial charge in [-0.3, -0.25) is 4.90 Å². The van der Waals surface area contributed by atoms with Gasteiger partial charge in [0, 0.05) is 24.7 Å². The molecular weight excluding hydrogens is 368 g/mol. The van der Waals surface area contributed by atoms with Crippen molar-refractivity contribution in [2.45, 2.75) is 45.6 Å². The molecule has 1 aliphatic rings. The van der Waals surface area contributed by atoms with Crippen LogP contribution in [0, 0.1) is 4.77 Å². The second-order valence-electron chi connectivity index (χ2n) is 7.18. The molecule has 1 heterocycles. The summed E-state index contributed by atoms with van der Waals surface area (Å²) in [6.07, 6.45) is 2.48. The Bertz CT molecular complexity index is 974. The first kappa shape index (κ1) is 18.9. The smallest absolute Gasteiger partial charge is 0.199 e. The molecule has 0 spiro atoms. The van der Waals surface area contributed by atoms with E-state index in [1.54, 1.807) is 7.11 Å². The highest BCUT2D eigenvalue weighted by atomic mass is 32.1. The van der Waals surface area contributed by atoms with Gasteiger partial charge in [0.05, 0.1) is 13.8 Å². The van der Waals surface area contributed by atoms with Crippen LogP contribution in [0.3, 0.4) is 0 Å². The Kier molecular flexibility index (Phi) is 5.59. The highest BCUT2D eigenvalue weighted by Crippen LogP contribution is 2.29. The topological polar surface area (TPSA) is 35.2 Å². The summed E-state index contributed by atoms with van der Waals surface area (Å²) in [5.74, 6) is 1.83. The van der Waals surface area contributed by atoms with Gasteiger partial charge in [0.2, 0.25) is 0 Å². The van der Waals surface area contributed by atoms with E-state index in [2.05, 4.69) is 40.7 Å². The van der Waals surface area contributed by atoms with Crippen LogP contribution in [0.1, 0.15) is 25.3 Å².